The Balaban J connectivity index is 1.24. The molecule has 2 fully saturated rings. The molecular formula is C25H32F2N6O2. The number of primary amides is 1. The van der Waals surface area contributed by atoms with E-state index in [0.29, 0.717) is 31.2 Å². The number of piperidine rings is 1. The van der Waals surface area contributed by atoms with E-state index in [4.69, 9.17) is 10.6 Å². The van der Waals surface area contributed by atoms with Crippen molar-refractivity contribution in [2.24, 2.45) is 10.9 Å². The normalized spacial score (nSPS) is 18.9. The molecule has 0 radical (unpaired) electrons. The van der Waals surface area contributed by atoms with Gasteiger partial charge in [0.1, 0.15) is 17.7 Å². The molecule has 2 amide bonds. The van der Waals surface area contributed by atoms with E-state index >= 15 is 0 Å². The van der Waals surface area contributed by atoms with Crippen LogP contribution in [0.25, 0.3) is 0 Å². The van der Waals surface area contributed by atoms with Gasteiger partial charge in [0.05, 0.1) is 11.4 Å². The maximum atomic E-state index is 14.5. The Hall–Kier alpha value is -3.30. The summed E-state index contributed by atoms with van der Waals surface area (Å²) < 4.78 is 28.8. The molecule has 2 aliphatic rings. The molecule has 1 saturated heterocycles. The number of oxime groups is 1. The lowest BCUT2D eigenvalue weighted by molar-refractivity contribution is 0.0406. The summed E-state index contributed by atoms with van der Waals surface area (Å²) in [7, 11) is 0. The van der Waals surface area contributed by atoms with Crippen LogP contribution in [-0.2, 0) is 11.3 Å². The Morgan fingerprint density at radius 2 is 1.83 bits per heavy atom. The van der Waals surface area contributed by atoms with Crippen molar-refractivity contribution in [1.82, 2.24) is 9.97 Å². The molecule has 8 nitrogen and oxygen atoms in total. The van der Waals surface area contributed by atoms with Gasteiger partial charge in [-0.2, -0.15) is 0 Å². The van der Waals surface area contributed by atoms with Gasteiger partial charge in [-0.05, 0) is 55.2 Å². The number of benzene rings is 1. The van der Waals surface area contributed by atoms with E-state index in [-0.39, 0.29) is 17.7 Å². The molecule has 1 aliphatic heterocycles. The van der Waals surface area contributed by atoms with Crippen LogP contribution in [0.2, 0.25) is 0 Å². The molecule has 2 heterocycles. The molecule has 1 saturated carbocycles. The molecular weight excluding hydrogens is 454 g/mol. The number of halogens is 2. The summed E-state index contributed by atoms with van der Waals surface area (Å²) in [5, 5.41) is 6.49. The zero-order valence-corrected chi connectivity index (χ0v) is 20.0. The third-order valence-corrected chi connectivity index (χ3v) is 6.63. The van der Waals surface area contributed by atoms with Crippen molar-refractivity contribution < 1.29 is 18.4 Å². The summed E-state index contributed by atoms with van der Waals surface area (Å²) in [6.07, 6.45) is 10.3. The first-order valence-corrected chi connectivity index (χ1v) is 12.3. The number of hydrogen-bond donors (Lipinski definition) is 2. The largest absolute Gasteiger partial charge is 0.392 e. The van der Waals surface area contributed by atoms with E-state index in [0.717, 1.165) is 68.1 Å². The molecule has 2 aromatic rings. The lowest BCUT2D eigenvalue weighted by Gasteiger charge is -2.31. The van der Waals surface area contributed by atoms with Gasteiger partial charge < -0.3 is 20.8 Å². The number of nitrogens with two attached hydrogens (primary N) is 1. The summed E-state index contributed by atoms with van der Waals surface area (Å²) in [6.45, 7) is 3.77. The van der Waals surface area contributed by atoms with Crippen LogP contribution < -0.4 is 16.0 Å². The predicted molar refractivity (Wildman–Crippen MR) is 131 cm³/mol. The fourth-order valence-electron chi connectivity index (χ4n) is 4.70. The lowest BCUT2D eigenvalue weighted by Crippen LogP contribution is -2.37. The average molecular weight is 487 g/mol. The molecule has 10 heteroatoms. The second-order valence-corrected chi connectivity index (χ2v) is 9.21. The monoisotopic (exact) mass is 486 g/mol. The molecule has 1 aromatic carbocycles. The van der Waals surface area contributed by atoms with E-state index in [9.17, 15) is 13.6 Å². The molecule has 0 bridgehead atoms. The van der Waals surface area contributed by atoms with Crippen molar-refractivity contribution in [3.05, 3.63) is 47.3 Å². The van der Waals surface area contributed by atoms with E-state index in [1.165, 1.54) is 0 Å². The number of amides is 2. The molecule has 4 rings (SSSR count). The van der Waals surface area contributed by atoms with Gasteiger partial charge in [0, 0.05) is 44.4 Å². The van der Waals surface area contributed by atoms with Crippen LogP contribution in [-0.4, -0.2) is 40.9 Å². The fraction of sp³-hybridized carbons (Fsp3) is 0.520. The van der Waals surface area contributed by atoms with Gasteiger partial charge in [0.25, 0.3) is 0 Å². The van der Waals surface area contributed by atoms with Gasteiger partial charge in [0.2, 0.25) is 5.95 Å². The summed E-state index contributed by atoms with van der Waals surface area (Å²) in [4.78, 5) is 27.9. The van der Waals surface area contributed by atoms with Gasteiger partial charge in [-0.25, -0.2) is 23.5 Å². The Morgan fingerprint density at radius 3 is 2.46 bits per heavy atom. The van der Waals surface area contributed by atoms with Crippen molar-refractivity contribution >= 4 is 23.4 Å². The van der Waals surface area contributed by atoms with Crippen molar-refractivity contribution in [1.29, 1.82) is 0 Å². The number of urea groups is 1. The van der Waals surface area contributed by atoms with Crippen LogP contribution in [0, 0.1) is 11.6 Å². The van der Waals surface area contributed by atoms with Crippen LogP contribution >= 0.6 is 0 Å². The highest BCUT2D eigenvalue weighted by Gasteiger charge is 2.26. The van der Waals surface area contributed by atoms with E-state index in [1.807, 2.05) is 12.4 Å². The number of anilines is 2. The number of hydrogen-bond acceptors (Lipinski definition) is 6. The molecule has 188 valence electrons. The SMILES string of the molecule is CCCc1cnc(N2CCC(ON=C3CCC(c4cc(F)c(NC(N)=O)cc4F)CC3)CC2)nc1. The molecule has 0 atom stereocenters. The topological polar surface area (TPSA) is 106 Å². The number of nitrogens with zero attached hydrogens (tertiary/aromatic N) is 4. The number of rotatable bonds is 7. The lowest BCUT2D eigenvalue weighted by atomic mass is 9.83. The zero-order chi connectivity index (χ0) is 24.8. The van der Waals surface area contributed by atoms with Crippen LogP contribution in [0.3, 0.4) is 0 Å². The molecule has 0 spiro atoms. The minimum atomic E-state index is -0.936. The summed E-state index contributed by atoms with van der Waals surface area (Å²) >= 11 is 0. The Kier molecular flexibility index (Phi) is 8.09. The minimum Gasteiger partial charge on any atom is -0.392 e. The second kappa shape index (κ2) is 11.4. The highest BCUT2D eigenvalue weighted by molar-refractivity contribution is 5.88. The Labute approximate surface area is 203 Å². The van der Waals surface area contributed by atoms with Crippen LogP contribution in [0.1, 0.15) is 68.9 Å². The fourth-order valence-corrected chi connectivity index (χ4v) is 4.70. The predicted octanol–water partition coefficient (Wildman–Crippen LogP) is 4.90. The van der Waals surface area contributed by atoms with Gasteiger partial charge in [-0.1, -0.05) is 18.5 Å². The Morgan fingerprint density at radius 1 is 1.14 bits per heavy atom. The summed E-state index contributed by atoms with van der Waals surface area (Å²) in [5.41, 5.74) is 7.17. The van der Waals surface area contributed by atoms with Crippen molar-refractivity contribution in [2.45, 2.75) is 70.3 Å². The van der Waals surface area contributed by atoms with E-state index in [2.05, 4.69) is 32.3 Å². The number of carbonyl (C=O) groups is 1. The van der Waals surface area contributed by atoms with E-state index in [1.54, 1.807) is 0 Å². The highest BCUT2D eigenvalue weighted by atomic mass is 19.1. The standard InChI is InChI=1S/C25H32F2N6O2/c1-2-3-16-14-29-25(30-15-16)33-10-8-19(9-11-33)35-32-18-6-4-17(5-7-18)20-12-22(27)23(13-21(20)26)31-24(28)34/h12-15,17,19H,2-11H2,1H3,(H3,28,31,34). The van der Waals surface area contributed by atoms with Gasteiger partial charge in [-0.15, -0.1) is 0 Å². The zero-order valence-electron chi connectivity index (χ0n) is 20.0. The minimum absolute atomic E-state index is 0.0488. The number of aryl methyl sites for hydroxylation is 1. The molecule has 1 aromatic heterocycles. The number of nitrogens with one attached hydrogen (secondary N) is 1. The van der Waals surface area contributed by atoms with Crippen molar-refractivity contribution in [3.63, 3.8) is 0 Å². The third kappa shape index (κ3) is 6.43. The Bertz CT molecular complexity index is 1040. The molecule has 0 unspecified atom stereocenters. The first-order valence-electron chi connectivity index (χ1n) is 12.3. The average Bonchev–Trinajstić information content (AvgIpc) is 2.86. The second-order valence-electron chi connectivity index (χ2n) is 9.21. The molecule has 3 N–H and O–H groups in total. The summed E-state index contributed by atoms with van der Waals surface area (Å²) in [6, 6.07) is 1.20. The van der Waals surface area contributed by atoms with Gasteiger partial charge in [0.15, 0.2) is 0 Å². The first-order chi connectivity index (χ1) is 16.9. The summed E-state index contributed by atoms with van der Waals surface area (Å²) in [5.74, 6) is -0.600. The molecule has 1 aliphatic carbocycles. The van der Waals surface area contributed by atoms with Crippen LogP contribution in [0.4, 0.5) is 25.2 Å². The smallest absolute Gasteiger partial charge is 0.316 e. The maximum absolute atomic E-state index is 14.5. The van der Waals surface area contributed by atoms with Gasteiger partial charge in [-0.3, -0.25) is 0 Å². The van der Waals surface area contributed by atoms with Gasteiger partial charge >= 0.3 is 6.03 Å². The van der Waals surface area contributed by atoms with E-state index < -0.39 is 17.7 Å². The highest BCUT2D eigenvalue weighted by Crippen LogP contribution is 2.35. The van der Waals surface area contributed by atoms with Crippen LogP contribution in [0.5, 0.6) is 0 Å². The van der Waals surface area contributed by atoms with Crippen molar-refractivity contribution in [2.75, 3.05) is 23.3 Å². The number of aromatic nitrogens is 2. The third-order valence-electron chi connectivity index (χ3n) is 6.63. The van der Waals surface area contributed by atoms with Crippen LogP contribution in [0.15, 0.2) is 29.7 Å². The van der Waals surface area contributed by atoms with Crippen molar-refractivity contribution in [3.8, 4) is 0 Å². The quantitative estimate of drug-likeness (QED) is 0.542. The first kappa shape index (κ1) is 24.8. The molecule has 35 heavy (non-hydrogen) atoms. The maximum Gasteiger partial charge on any atom is 0.316 e. The number of carbonyl (C=O) groups excluding carboxylic acids is 1.